The molecule has 0 bridgehead atoms. The van der Waals surface area contributed by atoms with Gasteiger partial charge in [-0.25, -0.2) is 0 Å². The molecule has 25 heavy (non-hydrogen) atoms. The maximum absolute atomic E-state index is 12.2. The van der Waals surface area contributed by atoms with E-state index in [-0.39, 0.29) is 18.1 Å². The van der Waals surface area contributed by atoms with Crippen LogP contribution in [-0.4, -0.2) is 19.1 Å². The van der Waals surface area contributed by atoms with Gasteiger partial charge in [0.05, 0.1) is 19.3 Å². The largest absolute Gasteiger partial charge is 0.493 e. The van der Waals surface area contributed by atoms with Crippen molar-refractivity contribution in [2.75, 3.05) is 7.11 Å². The second-order valence-corrected chi connectivity index (χ2v) is 6.54. The van der Waals surface area contributed by atoms with E-state index in [1.165, 1.54) is 12.8 Å². The molecule has 0 aliphatic heterocycles. The van der Waals surface area contributed by atoms with Gasteiger partial charge < -0.3 is 19.2 Å². The molecule has 1 saturated carbocycles. The van der Waals surface area contributed by atoms with Crippen LogP contribution in [0.1, 0.15) is 60.5 Å². The van der Waals surface area contributed by atoms with E-state index in [1.807, 2.05) is 32.0 Å². The van der Waals surface area contributed by atoms with Gasteiger partial charge in [-0.2, -0.15) is 0 Å². The molecular weight excluding hydrogens is 318 g/mol. The van der Waals surface area contributed by atoms with Crippen molar-refractivity contribution < 1.29 is 18.7 Å². The zero-order valence-electron chi connectivity index (χ0n) is 15.0. The smallest absolute Gasteiger partial charge is 0.287 e. The Morgan fingerprint density at radius 3 is 2.60 bits per heavy atom. The number of aryl methyl sites for hydroxylation is 1. The molecule has 1 amide bonds. The minimum atomic E-state index is -0.231. The van der Waals surface area contributed by atoms with Crippen molar-refractivity contribution in [2.45, 2.75) is 51.7 Å². The monoisotopic (exact) mass is 343 g/mol. The van der Waals surface area contributed by atoms with Gasteiger partial charge in [0.1, 0.15) is 5.76 Å². The highest BCUT2D eigenvalue weighted by Gasteiger charge is 2.20. The first-order chi connectivity index (χ1) is 12.1. The Bertz CT molecular complexity index is 731. The van der Waals surface area contributed by atoms with E-state index < -0.39 is 0 Å². The van der Waals surface area contributed by atoms with Gasteiger partial charge in [-0.3, -0.25) is 4.79 Å². The fraction of sp³-hybridized carbons (Fsp3) is 0.450. The SMILES string of the molecule is COc1cc([C@H](C)NC(=O)c2ccc(C)o2)ccc1OC1CCCC1. The first-order valence-electron chi connectivity index (χ1n) is 8.78. The van der Waals surface area contributed by atoms with Gasteiger partial charge in [0.15, 0.2) is 17.3 Å². The number of carbonyl (C=O) groups is 1. The standard InChI is InChI=1S/C20H25NO4/c1-13-8-10-18(24-13)20(22)21-14(2)15-9-11-17(19(12-15)23-3)25-16-6-4-5-7-16/h8-12,14,16H,4-7H2,1-3H3,(H,21,22)/t14-/m0/s1. The number of carbonyl (C=O) groups excluding carboxylic acids is 1. The summed E-state index contributed by atoms with van der Waals surface area (Å²) >= 11 is 0. The lowest BCUT2D eigenvalue weighted by atomic mass is 10.1. The van der Waals surface area contributed by atoms with Gasteiger partial charge in [0.25, 0.3) is 5.91 Å². The van der Waals surface area contributed by atoms with Crippen molar-refractivity contribution in [3.63, 3.8) is 0 Å². The number of benzene rings is 1. The molecule has 1 heterocycles. The van der Waals surface area contributed by atoms with Crippen molar-refractivity contribution in [1.29, 1.82) is 0 Å². The maximum atomic E-state index is 12.2. The van der Waals surface area contributed by atoms with Gasteiger partial charge in [0.2, 0.25) is 0 Å². The second-order valence-electron chi connectivity index (χ2n) is 6.54. The van der Waals surface area contributed by atoms with E-state index in [0.717, 1.165) is 24.2 Å². The van der Waals surface area contributed by atoms with Gasteiger partial charge in [0, 0.05) is 0 Å². The van der Waals surface area contributed by atoms with E-state index in [2.05, 4.69) is 5.32 Å². The molecule has 5 heteroatoms. The summed E-state index contributed by atoms with van der Waals surface area (Å²) < 4.78 is 16.9. The van der Waals surface area contributed by atoms with Crippen molar-refractivity contribution in [3.8, 4) is 11.5 Å². The Balaban J connectivity index is 1.69. The summed E-state index contributed by atoms with van der Waals surface area (Å²) in [6, 6.07) is 9.08. The van der Waals surface area contributed by atoms with E-state index in [4.69, 9.17) is 13.9 Å². The molecule has 5 nitrogen and oxygen atoms in total. The molecule has 1 aromatic carbocycles. The molecular formula is C20H25NO4. The third-order valence-electron chi connectivity index (χ3n) is 4.60. The quantitative estimate of drug-likeness (QED) is 0.844. The lowest BCUT2D eigenvalue weighted by molar-refractivity contribution is 0.0910. The van der Waals surface area contributed by atoms with Crippen LogP contribution in [0.5, 0.6) is 11.5 Å². The number of methoxy groups -OCH3 is 1. The molecule has 2 aromatic rings. The average Bonchev–Trinajstić information content (AvgIpc) is 3.26. The van der Waals surface area contributed by atoms with Crippen LogP contribution in [-0.2, 0) is 0 Å². The molecule has 1 aromatic heterocycles. The summed E-state index contributed by atoms with van der Waals surface area (Å²) in [6.07, 6.45) is 4.92. The van der Waals surface area contributed by atoms with Gasteiger partial charge in [-0.1, -0.05) is 6.07 Å². The highest BCUT2D eigenvalue weighted by Crippen LogP contribution is 2.33. The summed E-state index contributed by atoms with van der Waals surface area (Å²) in [5.74, 6) is 2.26. The van der Waals surface area contributed by atoms with E-state index in [9.17, 15) is 4.79 Å². The molecule has 0 radical (unpaired) electrons. The minimum Gasteiger partial charge on any atom is -0.493 e. The van der Waals surface area contributed by atoms with Crippen molar-refractivity contribution >= 4 is 5.91 Å². The number of ether oxygens (including phenoxy) is 2. The lowest BCUT2D eigenvalue weighted by Crippen LogP contribution is -2.26. The third kappa shape index (κ3) is 4.16. The molecule has 0 saturated heterocycles. The predicted molar refractivity (Wildman–Crippen MR) is 95.2 cm³/mol. The predicted octanol–water partition coefficient (Wildman–Crippen LogP) is 4.41. The first kappa shape index (κ1) is 17.4. The Hall–Kier alpha value is -2.43. The first-order valence-corrected chi connectivity index (χ1v) is 8.78. The summed E-state index contributed by atoms with van der Waals surface area (Å²) in [4.78, 5) is 12.2. The van der Waals surface area contributed by atoms with Gasteiger partial charge in [-0.15, -0.1) is 0 Å². The second kappa shape index (κ2) is 7.64. The fourth-order valence-electron chi connectivity index (χ4n) is 3.14. The van der Waals surface area contributed by atoms with Crippen molar-refractivity contribution in [1.82, 2.24) is 5.32 Å². The van der Waals surface area contributed by atoms with Crippen molar-refractivity contribution in [2.24, 2.45) is 0 Å². The zero-order valence-corrected chi connectivity index (χ0v) is 15.0. The molecule has 1 atom stereocenters. The average molecular weight is 343 g/mol. The van der Waals surface area contributed by atoms with Crippen LogP contribution >= 0.6 is 0 Å². The van der Waals surface area contributed by atoms with Crippen LogP contribution in [0, 0.1) is 6.92 Å². The highest BCUT2D eigenvalue weighted by atomic mass is 16.5. The number of hydrogen-bond donors (Lipinski definition) is 1. The molecule has 1 aliphatic carbocycles. The van der Waals surface area contributed by atoms with Crippen LogP contribution in [0.15, 0.2) is 34.7 Å². The van der Waals surface area contributed by atoms with E-state index >= 15 is 0 Å². The zero-order chi connectivity index (χ0) is 17.8. The van der Waals surface area contributed by atoms with E-state index in [1.54, 1.807) is 19.2 Å². The van der Waals surface area contributed by atoms with Crippen LogP contribution in [0.2, 0.25) is 0 Å². The Labute approximate surface area is 148 Å². The molecule has 1 N–H and O–H groups in total. The van der Waals surface area contributed by atoms with Gasteiger partial charge >= 0.3 is 0 Å². The Kier molecular flexibility index (Phi) is 5.31. The number of nitrogens with one attached hydrogen (secondary N) is 1. The van der Waals surface area contributed by atoms with Crippen LogP contribution < -0.4 is 14.8 Å². The highest BCUT2D eigenvalue weighted by molar-refractivity contribution is 5.91. The third-order valence-corrected chi connectivity index (χ3v) is 4.60. The number of hydrogen-bond acceptors (Lipinski definition) is 4. The van der Waals surface area contributed by atoms with E-state index in [0.29, 0.717) is 17.3 Å². The molecule has 3 rings (SSSR count). The maximum Gasteiger partial charge on any atom is 0.287 e. The minimum absolute atomic E-state index is 0.174. The number of amides is 1. The lowest BCUT2D eigenvalue weighted by Gasteiger charge is -2.19. The summed E-state index contributed by atoms with van der Waals surface area (Å²) in [6.45, 7) is 3.74. The normalized spacial score (nSPS) is 15.8. The molecule has 134 valence electrons. The van der Waals surface area contributed by atoms with Crippen LogP contribution in [0.3, 0.4) is 0 Å². The van der Waals surface area contributed by atoms with Crippen LogP contribution in [0.4, 0.5) is 0 Å². The molecule has 0 unspecified atom stereocenters. The Morgan fingerprint density at radius 2 is 1.96 bits per heavy atom. The summed E-state index contributed by atoms with van der Waals surface area (Å²) in [5, 5.41) is 2.94. The topological polar surface area (TPSA) is 60.7 Å². The number of furan rings is 1. The van der Waals surface area contributed by atoms with Crippen molar-refractivity contribution in [3.05, 3.63) is 47.4 Å². The number of rotatable bonds is 6. The molecule has 1 fully saturated rings. The molecule has 1 aliphatic rings. The summed E-state index contributed by atoms with van der Waals surface area (Å²) in [7, 11) is 1.63. The Morgan fingerprint density at radius 1 is 1.20 bits per heavy atom. The fourth-order valence-corrected chi connectivity index (χ4v) is 3.14. The molecule has 0 spiro atoms. The van der Waals surface area contributed by atoms with Gasteiger partial charge in [-0.05, 0) is 69.4 Å². The van der Waals surface area contributed by atoms with Crippen LogP contribution in [0.25, 0.3) is 0 Å². The summed E-state index contributed by atoms with van der Waals surface area (Å²) in [5.41, 5.74) is 0.951.